The van der Waals surface area contributed by atoms with E-state index in [1.165, 1.54) is 12.1 Å². The van der Waals surface area contributed by atoms with Crippen molar-refractivity contribution >= 4 is 46.6 Å². The van der Waals surface area contributed by atoms with Gasteiger partial charge in [-0.2, -0.15) is 0 Å². The van der Waals surface area contributed by atoms with Gasteiger partial charge in [0.1, 0.15) is 5.82 Å². The molecule has 0 spiro atoms. The molecule has 0 amide bonds. The van der Waals surface area contributed by atoms with Crippen molar-refractivity contribution in [2.45, 2.75) is 38.5 Å². The zero-order valence-electron chi connectivity index (χ0n) is 18.0. The third-order valence-electron chi connectivity index (χ3n) is 6.03. The lowest BCUT2D eigenvalue weighted by molar-refractivity contribution is -0.138. The van der Waals surface area contributed by atoms with Crippen LogP contribution in [0.1, 0.15) is 49.7 Å². The Morgan fingerprint density at radius 1 is 1.18 bits per heavy atom. The number of rotatable bonds is 4. The highest BCUT2D eigenvalue weighted by atomic mass is 35.5. The number of nitrogens with one attached hydrogen (secondary N) is 1. The van der Waals surface area contributed by atoms with Gasteiger partial charge in [-0.15, -0.1) is 0 Å². The van der Waals surface area contributed by atoms with E-state index in [2.05, 4.69) is 5.32 Å². The van der Waals surface area contributed by atoms with Crippen molar-refractivity contribution in [3.63, 3.8) is 0 Å². The Balaban J connectivity index is 1.90. The lowest BCUT2D eigenvalue weighted by Gasteiger charge is -2.37. The fourth-order valence-electron chi connectivity index (χ4n) is 4.64. The number of Topliss-reactive ketones (excluding diaryl/α,β-unsaturated/α-hetero) is 1. The molecule has 0 fully saturated rings. The lowest BCUT2D eigenvalue weighted by Crippen LogP contribution is -2.37. The number of esters is 1. The zero-order valence-corrected chi connectivity index (χ0v) is 20.2. The van der Waals surface area contributed by atoms with Gasteiger partial charge >= 0.3 is 5.97 Å². The molecule has 33 heavy (non-hydrogen) atoms. The van der Waals surface area contributed by atoms with Gasteiger partial charge in [0.15, 0.2) is 5.78 Å². The van der Waals surface area contributed by atoms with Crippen LogP contribution in [0.5, 0.6) is 0 Å². The number of hydrogen-bond acceptors (Lipinski definition) is 4. The Bertz CT molecular complexity index is 1200. The highest BCUT2D eigenvalue weighted by Gasteiger charge is 2.44. The molecular formula is C25H21Cl3FNO3. The van der Waals surface area contributed by atoms with Crippen LogP contribution in [0.2, 0.25) is 15.1 Å². The highest BCUT2D eigenvalue weighted by Crippen LogP contribution is 2.48. The molecule has 172 valence electrons. The molecule has 1 heterocycles. The molecule has 0 bridgehead atoms. The fraction of sp³-hybridized carbons (Fsp3) is 0.280. The Morgan fingerprint density at radius 2 is 1.94 bits per heavy atom. The van der Waals surface area contributed by atoms with E-state index in [9.17, 15) is 14.0 Å². The van der Waals surface area contributed by atoms with Gasteiger partial charge in [-0.05, 0) is 56.5 Å². The van der Waals surface area contributed by atoms with E-state index < -0.39 is 23.6 Å². The second-order valence-corrected chi connectivity index (χ2v) is 9.22. The standard InChI is InChI=1S/C25H21Cl3FNO3/c1-3-33-25(32)20-12(2)30-19-10-9-15(21-16(27)5-4-6-18(21)29)24(31)23(19)22(20)14-8-7-13(26)11-17(14)28/h4-8,11,15,22,30H,3,9-10H2,1-2H3/t15-,22+/m0/s1. The number of dihydropyridines is 1. The van der Waals surface area contributed by atoms with Crippen molar-refractivity contribution in [1.82, 2.24) is 5.32 Å². The van der Waals surface area contributed by atoms with E-state index in [0.717, 1.165) is 0 Å². The zero-order chi connectivity index (χ0) is 23.9. The first-order chi connectivity index (χ1) is 15.7. The van der Waals surface area contributed by atoms with Crippen LogP contribution in [0, 0.1) is 5.82 Å². The first-order valence-electron chi connectivity index (χ1n) is 10.6. The van der Waals surface area contributed by atoms with E-state index in [1.807, 2.05) is 0 Å². The molecule has 4 rings (SSSR count). The molecule has 2 atom stereocenters. The van der Waals surface area contributed by atoms with Crippen LogP contribution in [0.25, 0.3) is 0 Å². The van der Waals surface area contributed by atoms with Gasteiger partial charge in [-0.1, -0.05) is 46.9 Å². The Kier molecular flexibility index (Phi) is 6.85. The number of hydrogen-bond donors (Lipinski definition) is 1. The monoisotopic (exact) mass is 507 g/mol. The molecule has 0 radical (unpaired) electrons. The minimum absolute atomic E-state index is 0.167. The summed E-state index contributed by atoms with van der Waals surface area (Å²) in [6, 6.07) is 9.28. The third-order valence-corrected chi connectivity index (χ3v) is 6.92. The molecule has 1 N–H and O–H groups in total. The average molecular weight is 509 g/mol. The van der Waals surface area contributed by atoms with E-state index >= 15 is 0 Å². The molecule has 1 aliphatic heterocycles. The summed E-state index contributed by atoms with van der Waals surface area (Å²) in [5, 5.41) is 4.15. The SMILES string of the molecule is CCOC(=O)C1=C(C)NC2=C(C(=O)[C@H](c3c(F)cccc3Cl)CC2)[C@@H]1c1ccc(Cl)cc1Cl. The molecule has 1 aliphatic carbocycles. The van der Waals surface area contributed by atoms with Gasteiger partial charge in [0, 0.05) is 43.5 Å². The minimum atomic E-state index is -0.786. The van der Waals surface area contributed by atoms with Crippen molar-refractivity contribution in [1.29, 1.82) is 0 Å². The first-order valence-corrected chi connectivity index (χ1v) is 11.7. The smallest absolute Gasteiger partial charge is 0.336 e. The molecule has 8 heteroatoms. The number of allylic oxidation sites excluding steroid dienone is 3. The van der Waals surface area contributed by atoms with Gasteiger partial charge in [-0.3, -0.25) is 4.79 Å². The molecule has 0 saturated heterocycles. The van der Waals surface area contributed by atoms with Crippen molar-refractivity contribution in [3.05, 3.63) is 91.0 Å². The Morgan fingerprint density at radius 3 is 2.61 bits per heavy atom. The average Bonchev–Trinajstić information content (AvgIpc) is 2.74. The molecule has 4 nitrogen and oxygen atoms in total. The molecule has 0 saturated carbocycles. The van der Waals surface area contributed by atoms with Crippen LogP contribution in [0.3, 0.4) is 0 Å². The summed E-state index contributed by atoms with van der Waals surface area (Å²) < 4.78 is 20.1. The number of ketones is 1. The molecule has 0 unspecified atom stereocenters. The summed E-state index contributed by atoms with van der Waals surface area (Å²) in [4.78, 5) is 26.9. The van der Waals surface area contributed by atoms with Crippen molar-refractivity contribution in [2.75, 3.05) is 6.61 Å². The first kappa shape index (κ1) is 23.8. The molecule has 2 aromatic rings. The molecule has 2 aliphatic rings. The van der Waals surface area contributed by atoms with Gasteiger partial charge in [-0.25, -0.2) is 9.18 Å². The van der Waals surface area contributed by atoms with Gasteiger partial charge in [0.2, 0.25) is 0 Å². The summed E-state index contributed by atoms with van der Waals surface area (Å²) in [5.41, 5.74) is 2.63. The maximum atomic E-state index is 14.7. The van der Waals surface area contributed by atoms with Crippen LogP contribution < -0.4 is 5.32 Å². The van der Waals surface area contributed by atoms with Crippen LogP contribution in [0.4, 0.5) is 4.39 Å². The molecular weight excluding hydrogens is 488 g/mol. The maximum absolute atomic E-state index is 14.7. The number of ether oxygens (including phenoxy) is 1. The van der Waals surface area contributed by atoms with E-state index in [4.69, 9.17) is 39.5 Å². The lowest BCUT2D eigenvalue weighted by atomic mass is 9.70. The van der Waals surface area contributed by atoms with Crippen molar-refractivity contribution in [2.24, 2.45) is 0 Å². The quantitative estimate of drug-likeness (QED) is 0.466. The second-order valence-electron chi connectivity index (χ2n) is 7.97. The van der Waals surface area contributed by atoms with Crippen LogP contribution >= 0.6 is 34.8 Å². The van der Waals surface area contributed by atoms with Gasteiger partial charge in [0.05, 0.1) is 18.1 Å². The molecule has 2 aromatic carbocycles. The van der Waals surface area contributed by atoms with Crippen molar-refractivity contribution in [3.8, 4) is 0 Å². The minimum Gasteiger partial charge on any atom is -0.463 e. The maximum Gasteiger partial charge on any atom is 0.336 e. The Labute approximate surface area is 206 Å². The van der Waals surface area contributed by atoms with E-state index in [-0.39, 0.29) is 28.5 Å². The summed E-state index contributed by atoms with van der Waals surface area (Å²) in [7, 11) is 0. The third kappa shape index (κ3) is 4.30. The number of halogens is 4. The van der Waals surface area contributed by atoms with Crippen LogP contribution in [-0.4, -0.2) is 18.4 Å². The largest absolute Gasteiger partial charge is 0.463 e. The fourth-order valence-corrected chi connectivity index (χ4v) is 5.45. The predicted molar refractivity (Wildman–Crippen MR) is 127 cm³/mol. The van der Waals surface area contributed by atoms with Crippen LogP contribution in [-0.2, 0) is 14.3 Å². The van der Waals surface area contributed by atoms with Crippen LogP contribution in [0.15, 0.2) is 58.9 Å². The number of carbonyl (C=O) groups excluding carboxylic acids is 2. The summed E-state index contributed by atoms with van der Waals surface area (Å²) in [6.07, 6.45) is 0.861. The van der Waals surface area contributed by atoms with E-state index in [1.54, 1.807) is 38.1 Å². The normalized spacial score (nSPS) is 20.5. The van der Waals surface area contributed by atoms with Crippen molar-refractivity contribution < 1.29 is 18.7 Å². The van der Waals surface area contributed by atoms with Gasteiger partial charge in [0.25, 0.3) is 0 Å². The predicted octanol–water partition coefficient (Wildman–Crippen LogP) is 6.71. The highest BCUT2D eigenvalue weighted by molar-refractivity contribution is 6.35. The number of benzene rings is 2. The summed E-state index contributed by atoms with van der Waals surface area (Å²) in [6.45, 7) is 3.64. The topological polar surface area (TPSA) is 55.4 Å². The Hall–Kier alpha value is -2.34. The summed E-state index contributed by atoms with van der Waals surface area (Å²) >= 11 is 18.9. The van der Waals surface area contributed by atoms with E-state index in [0.29, 0.717) is 45.4 Å². The second kappa shape index (κ2) is 9.49. The molecule has 0 aromatic heterocycles. The number of carbonyl (C=O) groups is 2. The van der Waals surface area contributed by atoms with Gasteiger partial charge < -0.3 is 10.1 Å². The summed E-state index contributed by atoms with van der Waals surface area (Å²) in [5.74, 6) is -2.96.